The molecule has 1 rings (SSSR count). The van der Waals surface area contributed by atoms with Crippen molar-refractivity contribution in [2.45, 2.75) is 4.90 Å². The van der Waals surface area contributed by atoms with Crippen molar-refractivity contribution in [3.8, 4) is 0 Å². The molecule has 0 saturated carbocycles. The molecule has 0 spiro atoms. The third-order valence-electron chi connectivity index (χ3n) is 2.55. The van der Waals surface area contributed by atoms with Crippen molar-refractivity contribution >= 4 is 27.6 Å². The molecule has 0 saturated heterocycles. The number of rotatable bonds is 6. The molecule has 8 nitrogen and oxygen atoms in total. The fourth-order valence-electron chi connectivity index (χ4n) is 1.56. The number of nitrogens with zero attached hydrogens (tertiary/aromatic N) is 2. The third-order valence-corrected chi connectivity index (χ3v) is 3.66. The molecule has 0 fully saturated rings. The van der Waals surface area contributed by atoms with Gasteiger partial charge in [0.2, 0.25) is 0 Å². The van der Waals surface area contributed by atoms with Crippen molar-refractivity contribution in [3.63, 3.8) is 0 Å². The van der Waals surface area contributed by atoms with Crippen LogP contribution in [0.3, 0.4) is 0 Å². The van der Waals surface area contributed by atoms with Crippen molar-refractivity contribution in [1.29, 1.82) is 0 Å². The predicted octanol–water partition coefficient (Wildman–Crippen LogP) is -0.363. The highest BCUT2D eigenvalue weighted by Gasteiger charge is 2.23. The molecule has 0 atom stereocenters. The van der Waals surface area contributed by atoms with Gasteiger partial charge < -0.3 is 14.4 Å². The number of sulfone groups is 1. The van der Waals surface area contributed by atoms with E-state index in [2.05, 4.69) is 14.5 Å². The maximum absolute atomic E-state index is 11.8. The van der Waals surface area contributed by atoms with Gasteiger partial charge in [0.25, 0.3) is 0 Å². The number of pyridine rings is 1. The van der Waals surface area contributed by atoms with Crippen LogP contribution in [0.1, 0.15) is 0 Å². The molecule has 0 aromatic carbocycles. The zero-order chi connectivity index (χ0) is 16.0. The predicted molar refractivity (Wildman–Crippen MR) is 73.6 cm³/mol. The van der Waals surface area contributed by atoms with Crippen molar-refractivity contribution in [2.75, 3.05) is 38.5 Å². The van der Waals surface area contributed by atoms with E-state index < -0.39 is 21.8 Å². The number of carbonyl (C=O) groups excluding carboxylic acids is 2. The molecule has 1 heterocycles. The first-order valence-electron chi connectivity index (χ1n) is 5.83. The highest BCUT2D eigenvalue weighted by Crippen LogP contribution is 2.22. The standard InChI is InChI=1S/C12H16N2O6S/c1-19-10(15)7-14(8-11(16)20-2)12-9(21(3,17)18)5-4-6-13-12/h4-6H,7-8H2,1-3H3. The quantitative estimate of drug-likeness (QED) is 0.655. The summed E-state index contributed by atoms with van der Waals surface area (Å²) in [5.41, 5.74) is 0. The fraction of sp³-hybridized carbons (Fsp3) is 0.417. The SMILES string of the molecule is COC(=O)CN(CC(=O)OC)c1ncccc1S(C)(=O)=O. The molecule has 0 aliphatic rings. The maximum Gasteiger partial charge on any atom is 0.325 e. The molecule has 0 unspecified atom stereocenters. The highest BCUT2D eigenvalue weighted by atomic mass is 32.2. The molecule has 21 heavy (non-hydrogen) atoms. The van der Waals surface area contributed by atoms with Gasteiger partial charge in [-0.15, -0.1) is 0 Å². The average molecular weight is 316 g/mol. The maximum atomic E-state index is 11.8. The van der Waals surface area contributed by atoms with E-state index in [-0.39, 0.29) is 23.8 Å². The zero-order valence-corrected chi connectivity index (χ0v) is 12.7. The molecule has 0 N–H and O–H groups in total. The van der Waals surface area contributed by atoms with Gasteiger partial charge in [0.05, 0.1) is 14.2 Å². The summed E-state index contributed by atoms with van der Waals surface area (Å²) in [6.07, 6.45) is 2.38. The molecular formula is C12H16N2O6S. The Morgan fingerprint density at radius 2 is 1.71 bits per heavy atom. The van der Waals surface area contributed by atoms with Crippen LogP contribution in [-0.2, 0) is 28.9 Å². The molecule has 1 aromatic rings. The smallest absolute Gasteiger partial charge is 0.325 e. The van der Waals surface area contributed by atoms with Crippen LogP contribution in [0.2, 0.25) is 0 Å². The first-order valence-corrected chi connectivity index (χ1v) is 7.72. The minimum Gasteiger partial charge on any atom is -0.468 e. The monoisotopic (exact) mass is 316 g/mol. The summed E-state index contributed by atoms with van der Waals surface area (Å²) in [6.45, 7) is -0.656. The van der Waals surface area contributed by atoms with E-state index in [4.69, 9.17) is 0 Å². The molecule has 0 aliphatic carbocycles. The second kappa shape index (κ2) is 7.02. The Labute approximate surface area is 122 Å². The Kier molecular flexibility index (Phi) is 5.65. The second-order valence-corrected chi connectivity index (χ2v) is 6.09. The highest BCUT2D eigenvalue weighted by molar-refractivity contribution is 7.90. The lowest BCUT2D eigenvalue weighted by Gasteiger charge is -2.22. The lowest BCUT2D eigenvalue weighted by Crippen LogP contribution is -2.37. The zero-order valence-electron chi connectivity index (χ0n) is 11.9. The van der Waals surface area contributed by atoms with E-state index in [1.165, 1.54) is 37.4 Å². The summed E-state index contributed by atoms with van der Waals surface area (Å²) in [6, 6.07) is 2.80. The summed E-state index contributed by atoms with van der Waals surface area (Å²) in [5.74, 6) is -1.27. The number of ether oxygens (including phenoxy) is 2. The van der Waals surface area contributed by atoms with Gasteiger partial charge in [0, 0.05) is 12.5 Å². The van der Waals surface area contributed by atoms with Crippen LogP contribution in [-0.4, -0.2) is 58.9 Å². The van der Waals surface area contributed by atoms with E-state index >= 15 is 0 Å². The minimum absolute atomic E-state index is 0.00389. The topological polar surface area (TPSA) is 103 Å². The number of hydrogen-bond acceptors (Lipinski definition) is 8. The van der Waals surface area contributed by atoms with E-state index in [1.54, 1.807) is 0 Å². The lowest BCUT2D eigenvalue weighted by molar-refractivity contribution is -0.140. The van der Waals surface area contributed by atoms with Crippen LogP contribution < -0.4 is 4.90 Å². The van der Waals surface area contributed by atoms with Gasteiger partial charge in [0.1, 0.15) is 23.8 Å². The van der Waals surface area contributed by atoms with Crippen molar-refractivity contribution in [2.24, 2.45) is 0 Å². The Morgan fingerprint density at radius 1 is 1.19 bits per heavy atom. The van der Waals surface area contributed by atoms with Crippen LogP contribution >= 0.6 is 0 Å². The molecule has 0 amide bonds. The molecule has 0 bridgehead atoms. The fourth-order valence-corrected chi connectivity index (χ4v) is 2.39. The summed E-state index contributed by atoms with van der Waals surface area (Å²) in [4.78, 5) is 27.9. The number of carbonyl (C=O) groups is 2. The minimum atomic E-state index is -3.57. The average Bonchev–Trinajstić information content (AvgIpc) is 2.45. The molecule has 0 aliphatic heterocycles. The van der Waals surface area contributed by atoms with Crippen LogP contribution in [0, 0.1) is 0 Å². The van der Waals surface area contributed by atoms with Gasteiger partial charge in [-0.3, -0.25) is 9.59 Å². The summed E-state index contributed by atoms with van der Waals surface area (Å²) < 4.78 is 32.6. The van der Waals surface area contributed by atoms with Crippen molar-refractivity contribution in [1.82, 2.24) is 4.98 Å². The Balaban J connectivity index is 3.25. The van der Waals surface area contributed by atoms with Crippen molar-refractivity contribution < 1.29 is 27.5 Å². The van der Waals surface area contributed by atoms with E-state index in [1.807, 2.05) is 0 Å². The van der Waals surface area contributed by atoms with Gasteiger partial charge in [-0.05, 0) is 12.1 Å². The molecular weight excluding hydrogens is 300 g/mol. The van der Waals surface area contributed by atoms with E-state index in [0.29, 0.717) is 0 Å². The number of esters is 2. The van der Waals surface area contributed by atoms with Crippen LogP contribution in [0.15, 0.2) is 23.2 Å². The van der Waals surface area contributed by atoms with Gasteiger partial charge in [-0.1, -0.05) is 0 Å². The first kappa shape index (κ1) is 16.9. The number of hydrogen-bond donors (Lipinski definition) is 0. The van der Waals surface area contributed by atoms with Gasteiger partial charge in [-0.25, -0.2) is 13.4 Å². The van der Waals surface area contributed by atoms with Gasteiger partial charge >= 0.3 is 11.9 Å². The normalized spacial score (nSPS) is 10.8. The van der Waals surface area contributed by atoms with Gasteiger partial charge in [0.15, 0.2) is 9.84 Å². The first-order chi connectivity index (χ1) is 9.79. The summed E-state index contributed by atoms with van der Waals surface area (Å²) in [5, 5.41) is 0. The number of anilines is 1. The molecule has 116 valence electrons. The number of methoxy groups -OCH3 is 2. The summed E-state index contributed by atoms with van der Waals surface area (Å²) >= 11 is 0. The van der Waals surface area contributed by atoms with Crippen molar-refractivity contribution in [3.05, 3.63) is 18.3 Å². The lowest BCUT2D eigenvalue weighted by atomic mass is 10.4. The van der Waals surface area contributed by atoms with E-state index in [9.17, 15) is 18.0 Å². The third kappa shape index (κ3) is 4.71. The molecule has 1 aromatic heterocycles. The molecule has 0 radical (unpaired) electrons. The van der Waals surface area contributed by atoms with Gasteiger partial charge in [-0.2, -0.15) is 0 Å². The Hall–Kier alpha value is -2.16. The summed E-state index contributed by atoms with van der Waals surface area (Å²) in [7, 11) is -1.19. The van der Waals surface area contributed by atoms with Crippen LogP contribution in [0.25, 0.3) is 0 Å². The Morgan fingerprint density at radius 3 is 2.14 bits per heavy atom. The van der Waals surface area contributed by atoms with Crippen LogP contribution in [0.5, 0.6) is 0 Å². The Bertz CT molecular complexity index is 610. The number of aromatic nitrogens is 1. The second-order valence-electron chi connectivity index (χ2n) is 4.11. The largest absolute Gasteiger partial charge is 0.468 e. The van der Waals surface area contributed by atoms with Crippen LogP contribution in [0.4, 0.5) is 5.82 Å². The molecule has 9 heteroatoms. The van der Waals surface area contributed by atoms with E-state index in [0.717, 1.165) is 6.26 Å².